The highest BCUT2D eigenvalue weighted by Gasteiger charge is 2.50. The molecule has 12 atom stereocenters. The summed E-state index contributed by atoms with van der Waals surface area (Å²) >= 11 is 0. The molecule has 0 aliphatic carbocycles. The number of nitrogen functional groups attached to an aromatic ring is 1. The van der Waals surface area contributed by atoms with Gasteiger partial charge in [0.15, 0.2) is 12.5 Å². The molecule has 0 radical (unpaired) electrons. The molecular weight excluding hydrogens is 762 g/mol. The van der Waals surface area contributed by atoms with Crippen LogP contribution in [0.3, 0.4) is 0 Å². The third-order valence-corrected chi connectivity index (χ3v) is 12.3. The van der Waals surface area contributed by atoms with Gasteiger partial charge in [0.25, 0.3) is 5.56 Å². The lowest BCUT2D eigenvalue weighted by molar-refractivity contribution is -0.0543. The van der Waals surface area contributed by atoms with E-state index in [4.69, 9.17) is 15.2 Å². The number of aromatic amines is 1. The minimum Gasteiger partial charge on any atom is -0.387 e. The molecule has 2 aromatic rings. The summed E-state index contributed by atoms with van der Waals surface area (Å²) in [5.74, 6) is -0.187. The zero-order valence-electron chi connectivity index (χ0n) is 23.8. The quantitative estimate of drug-likeness (QED) is 0.0818. The van der Waals surface area contributed by atoms with Crippen molar-refractivity contribution in [3.05, 3.63) is 55.8 Å². The van der Waals surface area contributed by atoms with Crippen LogP contribution in [0, 0.1) is 0 Å². The van der Waals surface area contributed by atoms with Crippen molar-refractivity contribution in [2.24, 2.45) is 0 Å². The molecule has 5 unspecified atom stereocenters. The molecule has 0 amide bonds. The number of aromatic nitrogens is 4. The van der Waals surface area contributed by atoms with Gasteiger partial charge in [0.2, 0.25) is 0 Å². The monoisotopic (exact) mass is 789 g/mol. The maximum atomic E-state index is 12.2. The molecule has 2 aliphatic heterocycles. The first-order valence-electron chi connectivity index (χ1n) is 12.9. The van der Waals surface area contributed by atoms with Crippen LogP contribution in [0.4, 0.5) is 5.82 Å². The third-order valence-electron chi connectivity index (χ3n) is 6.35. The average Bonchev–Trinajstić information content (AvgIpc) is 3.38. The smallest absolute Gasteiger partial charge is 0.387 e. The Morgan fingerprint density at radius 2 is 1.14 bits per heavy atom. The van der Waals surface area contributed by atoms with E-state index in [-0.39, 0.29) is 5.82 Å². The fraction of sp³-hybridized carbons (Fsp3) is 0.556. The number of ether oxygens (including phenoxy) is 2. The van der Waals surface area contributed by atoms with Crippen LogP contribution in [0.25, 0.3) is 0 Å². The summed E-state index contributed by atoms with van der Waals surface area (Å²) in [6.07, 6.45) is -12.3. The van der Waals surface area contributed by atoms with Crippen LogP contribution in [-0.4, -0.2) is 109 Å². The first-order valence-corrected chi connectivity index (χ1v) is 18.9. The van der Waals surface area contributed by atoms with Crippen molar-refractivity contribution >= 4 is 37.1 Å². The molecule has 0 spiro atoms. The fourth-order valence-corrected chi connectivity index (χ4v) is 9.20. The zero-order valence-corrected chi connectivity index (χ0v) is 27.4. The Labute approximate surface area is 270 Å². The first-order chi connectivity index (χ1) is 22.5. The number of phosphoric ester groups is 2. The predicted octanol–water partition coefficient (Wildman–Crippen LogP) is -3.90. The zero-order chi connectivity index (χ0) is 36.7. The van der Waals surface area contributed by atoms with E-state index in [1.165, 1.54) is 0 Å². The van der Waals surface area contributed by atoms with Crippen LogP contribution in [0.1, 0.15) is 12.5 Å². The largest absolute Gasteiger partial charge is 0.490 e. The summed E-state index contributed by atoms with van der Waals surface area (Å²) in [4.78, 5) is 79.5. The topological polar surface area (TPSA) is 410 Å². The number of nitrogens with two attached hydrogens (primary N) is 1. The van der Waals surface area contributed by atoms with Gasteiger partial charge in [0.05, 0.1) is 13.2 Å². The van der Waals surface area contributed by atoms with E-state index in [1.807, 2.05) is 4.98 Å². The van der Waals surface area contributed by atoms with Crippen molar-refractivity contribution in [3.63, 3.8) is 0 Å². The standard InChI is InChI=1S/C18H27N5O22P4/c19-9-1-3-22(17(29)20-9)15-13(27)11(25)7(41-15)5-39-46(31,32)43-48(35,36)45-49(37,38)44-47(33,34)40-6-8-12(26)14(28)16(42-8)23-4-2-10(24)21-18(23)30/h1-4,7-8,11-16,25-28H,5-6H2,(H,31,32)(H,33,34)(H,35,36)(H,37,38)(H2,19,20,29)(H,21,24,30)/t7?,8-,11-,12-,13-,14-,15-,16-/m1/s1. The molecule has 27 nitrogen and oxygen atoms in total. The molecule has 276 valence electrons. The Bertz CT molecular complexity index is 1900. The molecule has 2 aromatic heterocycles. The number of aliphatic hydroxyl groups excluding tert-OH is 4. The number of phosphoric acid groups is 4. The van der Waals surface area contributed by atoms with E-state index in [1.54, 1.807) is 0 Å². The molecule has 31 heteroatoms. The highest BCUT2D eigenvalue weighted by atomic mass is 31.3. The number of nitrogens with one attached hydrogen (secondary N) is 1. The number of rotatable bonds is 14. The maximum absolute atomic E-state index is 12.2. The highest BCUT2D eigenvalue weighted by Crippen LogP contribution is 2.71. The molecule has 0 aromatic carbocycles. The number of nitrogens with zero attached hydrogens (tertiary/aromatic N) is 3. The van der Waals surface area contributed by atoms with Crippen molar-refractivity contribution in [3.8, 4) is 0 Å². The third kappa shape index (κ3) is 9.93. The average molecular weight is 789 g/mol. The van der Waals surface area contributed by atoms with Gasteiger partial charge >= 0.3 is 42.7 Å². The molecule has 0 saturated carbocycles. The van der Waals surface area contributed by atoms with E-state index < -0.39 is 111 Å². The van der Waals surface area contributed by atoms with E-state index >= 15 is 0 Å². The second kappa shape index (κ2) is 14.7. The summed E-state index contributed by atoms with van der Waals surface area (Å²) in [6.45, 7) is -2.39. The van der Waals surface area contributed by atoms with Gasteiger partial charge in [-0.05, 0) is 6.07 Å². The highest BCUT2D eigenvalue weighted by molar-refractivity contribution is 7.69. The minimum atomic E-state index is -6.23. The normalized spacial score (nSPS) is 32.2. The van der Waals surface area contributed by atoms with E-state index in [9.17, 15) is 72.6 Å². The number of hydrogen-bond acceptors (Lipinski definition) is 20. The Morgan fingerprint density at radius 3 is 1.59 bits per heavy atom. The second-order valence-electron chi connectivity index (χ2n) is 9.86. The van der Waals surface area contributed by atoms with Gasteiger partial charge < -0.3 is 55.2 Å². The Balaban J connectivity index is 1.30. The SMILES string of the molecule is Nc1ccn([C@@H]2OC(COP(=O)(O)OP(=O)(O)OP(=O)(O)OP(=O)(O)OC[C@H]3O[C@@H](n4ccc(=O)[nH]c4=O)[C@H](O)[C@@H]3O)[C@@H](O)[C@H]2O)c(=O)n1. The number of hydrogen-bond donors (Lipinski definition) is 10. The van der Waals surface area contributed by atoms with Gasteiger partial charge in [-0.25, -0.2) is 27.8 Å². The van der Waals surface area contributed by atoms with E-state index in [0.717, 1.165) is 24.5 Å². The summed E-state index contributed by atoms with van der Waals surface area (Å²) in [5.41, 5.74) is 2.47. The number of anilines is 1. The van der Waals surface area contributed by atoms with Crippen LogP contribution >= 0.6 is 31.3 Å². The van der Waals surface area contributed by atoms with Crippen molar-refractivity contribution in [1.29, 1.82) is 0 Å². The molecule has 2 saturated heterocycles. The van der Waals surface area contributed by atoms with Crippen molar-refractivity contribution in [2.75, 3.05) is 18.9 Å². The molecule has 49 heavy (non-hydrogen) atoms. The maximum Gasteiger partial charge on any atom is 0.490 e. The lowest BCUT2D eigenvalue weighted by Gasteiger charge is -2.21. The van der Waals surface area contributed by atoms with Gasteiger partial charge in [-0.2, -0.15) is 17.9 Å². The predicted molar refractivity (Wildman–Crippen MR) is 151 cm³/mol. The lowest BCUT2D eigenvalue weighted by Crippen LogP contribution is -2.37. The Hall–Kier alpha value is -2.32. The number of H-pyrrole nitrogens is 1. The Kier molecular flexibility index (Phi) is 11.9. The van der Waals surface area contributed by atoms with Crippen molar-refractivity contribution < 1.29 is 89.7 Å². The van der Waals surface area contributed by atoms with E-state index in [0.29, 0.717) is 9.13 Å². The van der Waals surface area contributed by atoms with Gasteiger partial charge in [0, 0.05) is 18.5 Å². The fourth-order valence-electron chi connectivity index (χ4n) is 4.24. The van der Waals surface area contributed by atoms with Crippen LogP contribution in [-0.2, 0) is 49.7 Å². The van der Waals surface area contributed by atoms with Crippen LogP contribution in [0.15, 0.2) is 38.9 Å². The van der Waals surface area contributed by atoms with Gasteiger partial charge in [-0.1, -0.05) is 0 Å². The summed E-state index contributed by atoms with van der Waals surface area (Å²) in [5, 5.41) is 40.8. The van der Waals surface area contributed by atoms with Crippen LogP contribution in [0.2, 0.25) is 0 Å². The van der Waals surface area contributed by atoms with Gasteiger partial charge in [0.1, 0.15) is 42.4 Å². The summed E-state index contributed by atoms with van der Waals surface area (Å²) in [7, 11) is -24.1. The van der Waals surface area contributed by atoms with Crippen LogP contribution in [0.5, 0.6) is 0 Å². The number of aliphatic hydroxyl groups is 4. The molecule has 11 N–H and O–H groups in total. The van der Waals surface area contributed by atoms with Crippen molar-refractivity contribution in [1.82, 2.24) is 19.1 Å². The van der Waals surface area contributed by atoms with Crippen molar-refractivity contribution in [2.45, 2.75) is 49.1 Å². The van der Waals surface area contributed by atoms with Gasteiger partial charge in [-0.15, -0.1) is 0 Å². The molecule has 2 fully saturated rings. The molecule has 2 aliphatic rings. The van der Waals surface area contributed by atoms with E-state index in [2.05, 4.69) is 27.0 Å². The lowest BCUT2D eigenvalue weighted by atomic mass is 10.1. The first kappa shape index (κ1) is 39.5. The molecule has 4 heterocycles. The summed E-state index contributed by atoms with van der Waals surface area (Å²) in [6, 6.07) is 2.01. The summed E-state index contributed by atoms with van der Waals surface area (Å²) < 4.78 is 80.7. The molecular formula is C18H27N5O22P4. The molecule has 4 rings (SSSR count). The van der Waals surface area contributed by atoms with Crippen LogP contribution < -0.4 is 22.7 Å². The van der Waals surface area contributed by atoms with Gasteiger partial charge in [-0.3, -0.25) is 28.0 Å². The second-order valence-corrected chi connectivity index (χ2v) is 16.1. The Morgan fingerprint density at radius 1 is 0.714 bits per heavy atom. The molecule has 0 bridgehead atoms. The minimum absolute atomic E-state index is 0.187.